The second-order valence-corrected chi connectivity index (χ2v) is 3.68. The summed E-state index contributed by atoms with van der Waals surface area (Å²) in [5, 5.41) is 0. The molecule has 0 saturated carbocycles. The van der Waals surface area contributed by atoms with Crippen molar-refractivity contribution in [1.82, 2.24) is 0 Å². The number of hydrogen-bond acceptors (Lipinski definition) is 0. The van der Waals surface area contributed by atoms with Crippen molar-refractivity contribution >= 4 is 0 Å². The molecule has 0 aliphatic rings. The Hall–Kier alpha value is -1.04. The van der Waals surface area contributed by atoms with Crippen LogP contribution in [0.2, 0.25) is 0 Å². The fourth-order valence-corrected chi connectivity index (χ4v) is 1.01. The quantitative estimate of drug-likeness (QED) is 0.548. The molecule has 0 aromatic carbocycles. The molecular formula is C13H20. The van der Waals surface area contributed by atoms with Crippen molar-refractivity contribution in [3.05, 3.63) is 49.1 Å². The molecule has 0 aliphatic heterocycles. The molecule has 0 rings (SSSR count). The fourth-order valence-electron chi connectivity index (χ4n) is 1.01. The highest BCUT2D eigenvalue weighted by molar-refractivity contribution is 5.28. The molecule has 0 saturated heterocycles. The first kappa shape index (κ1) is 12.0. The van der Waals surface area contributed by atoms with Gasteiger partial charge in [0.2, 0.25) is 0 Å². The summed E-state index contributed by atoms with van der Waals surface area (Å²) in [7, 11) is 0. The van der Waals surface area contributed by atoms with Crippen molar-refractivity contribution in [2.45, 2.75) is 27.2 Å². The van der Waals surface area contributed by atoms with E-state index >= 15 is 0 Å². The largest absolute Gasteiger partial charge is 0.0991 e. The van der Waals surface area contributed by atoms with Crippen LogP contribution in [0.4, 0.5) is 0 Å². The van der Waals surface area contributed by atoms with Crippen molar-refractivity contribution in [3.63, 3.8) is 0 Å². The van der Waals surface area contributed by atoms with Gasteiger partial charge in [-0.25, -0.2) is 0 Å². The summed E-state index contributed by atoms with van der Waals surface area (Å²) >= 11 is 0. The predicted molar refractivity (Wildman–Crippen MR) is 61.7 cm³/mol. The van der Waals surface area contributed by atoms with Crippen LogP contribution in [0, 0.1) is 5.41 Å². The minimum Gasteiger partial charge on any atom is -0.0991 e. The molecule has 0 aliphatic carbocycles. The summed E-state index contributed by atoms with van der Waals surface area (Å²) in [5.74, 6) is 0. The highest BCUT2D eigenvalue weighted by Gasteiger charge is 2.17. The van der Waals surface area contributed by atoms with E-state index in [1.54, 1.807) is 6.08 Å². The minimum atomic E-state index is 0.216. The molecule has 0 heteroatoms. The van der Waals surface area contributed by atoms with Gasteiger partial charge in [0, 0.05) is 0 Å². The molecule has 0 amide bonds. The van der Waals surface area contributed by atoms with Crippen molar-refractivity contribution in [1.29, 1.82) is 0 Å². The van der Waals surface area contributed by atoms with Crippen molar-refractivity contribution in [3.8, 4) is 0 Å². The molecule has 0 heterocycles. The van der Waals surface area contributed by atoms with E-state index < -0.39 is 0 Å². The first-order valence-electron chi connectivity index (χ1n) is 4.70. The molecule has 0 unspecified atom stereocenters. The number of rotatable bonds is 5. The van der Waals surface area contributed by atoms with E-state index in [4.69, 9.17) is 0 Å². The van der Waals surface area contributed by atoms with E-state index in [2.05, 4.69) is 40.0 Å². The lowest BCUT2D eigenvalue weighted by molar-refractivity contribution is 0.440. The van der Waals surface area contributed by atoms with Gasteiger partial charge in [-0.05, 0) is 17.4 Å². The smallest absolute Gasteiger partial charge is 0.0106 e. The first-order chi connectivity index (χ1) is 6.08. The Morgan fingerprint density at radius 3 is 2.23 bits per heavy atom. The minimum absolute atomic E-state index is 0.216. The Kier molecular flexibility index (Phi) is 5.13. The fraction of sp³-hybridized carbons (Fsp3) is 0.385. The molecule has 0 N–H and O–H groups in total. The lowest BCUT2D eigenvalue weighted by Gasteiger charge is -2.23. The summed E-state index contributed by atoms with van der Waals surface area (Å²) in [6.45, 7) is 14.1. The van der Waals surface area contributed by atoms with E-state index in [0.29, 0.717) is 0 Å². The zero-order valence-corrected chi connectivity index (χ0v) is 9.01. The van der Waals surface area contributed by atoms with Crippen molar-refractivity contribution in [2.24, 2.45) is 5.41 Å². The van der Waals surface area contributed by atoms with Gasteiger partial charge >= 0.3 is 0 Å². The predicted octanol–water partition coefficient (Wildman–Crippen LogP) is 4.28. The standard InChI is InChI=1S/C13H20/c1-6-9-10-11-12(7-2)13(4,5)8-3/h6-7,9-11H,1-2,8H2,3-5H3. The monoisotopic (exact) mass is 176 g/mol. The Labute approximate surface area is 82.4 Å². The van der Waals surface area contributed by atoms with Crippen LogP contribution in [0.25, 0.3) is 0 Å². The van der Waals surface area contributed by atoms with Gasteiger partial charge in [-0.2, -0.15) is 0 Å². The van der Waals surface area contributed by atoms with Crippen LogP contribution in [0.5, 0.6) is 0 Å². The average Bonchev–Trinajstić information content (AvgIpc) is 2.12. The maximum absolute atomic E-state index is 3.83. The van der Waals surface area contributed by atoms with Crippen LogP contribution in [0.1, 0.15) is 27.2 Å². The molecule has 13 heavy (non-hydrogen) atoms. The maximum atomic E-state index is 3.83. The molecule has 0 aromatic heterocycles. The molecule has 0 radical (unpaired) electrons. The Bertz CT molecular complexity index is 226. The first-order valence-corrected chi connectivity index (χ1v) is 4.70. The number of hydrogen-bond donors (Lipinski definition) is 0. The lowest BCUT2D eigenvalue weighted by atomic mass is 9.81. The molecule has 0 aromatic rings. The van der Waals surface area contributed by atoms with Gasteiger partial charge in [0.25, 0.3) is 0 Å². The summed E-state index contributed by atoms with van der Waals surface area (Å²) in [5.41, 5.74) is 1.49. The maximum Gasteiger partial charge on any atom is -0.0106 e. The molecule has 0 nitrogen and oxygen atoms in total. The molecule has 72 valence electrons. The van der Waals surface area contributed by atoms with Gasteiger partial charge < -0.3 is 0 Å². The number of allylic oxidation sites excluding steroid dienone is 6. The van der Waals surface area contributed by atoms with Gasteiger partial charge in [-0.3, -0.25) is 0 Å². The molecule has 0 atom stereocenters. The van der Waals surface area contributed by atoms with Gasteiger partial charge in [-0.1, -0.05) is 64.3 Å². The lowest BCUT2D eigenvalue weighted by Crippen LogP contribution is -2.11. The van der Waals surface area contributed by atoms with Gasteiger partial charge in [0.1, 0.15) is 0 Å². The zero-order valence-electron chi connectivity index (χ0n) is 9.01. The second kappa shape index (κ2) is 5.58. The van der Waals surface area contributed by atoms with Crippen LogP contribution in [0.15, 0.2) is 49.1 Å². The van der Waals surface area contributed by atoms with Gasteiger partial charge in [-0.15, -0.1) is 0 Å². The summed E-state index contributed by atoms with van der Waals surface area (Å²) in [6.07, 6.45) is 10.8. The van der Waals surface area contributed by atoms with Crippen LogP contribution >= 0.6 is 0 Å². The van der Waals surface area contributed by atoms with E-state index in [1.165, 1.54) is 5.57 Å². The topological polar surface area (TPSA) is 0 Å². The van der Waals surface area contributed by atoms with Crippen molar-refractivity contribution in [2.75, 3.05) is 0 Å². The second-order valence-electron chi connectivity index (χ2n) is 3.68. The summed E-state index contributed by atoms with van der Waals surface area (Å²) in [6, 6.07) is 0. The van der Waals surface area contributed by atoms with Gasteiger partial charge in [0.05, 0.1) is 0 Å². The molecular weight excluding hydrogens is 156 g/mol. The van der Waals surface area contributed by atoms with Crippen molar-refractivity contribution < 1.29 is 0 Å². The summed E-state index contributed by atoms with van der Waals surface area (Å²) in [4.78, 5) is 0. The third-order valence-corrected chi connectivity index (χ3v) is 2.41. The normalized spacial score (nSPS) is 13.3. The Morgan fingerprint density at radius 2 is 1.85 bits per heavy atom. The van der Waals surface area contributed by atoms with Gasteiger partial charge in [0.15, 0.2) is 0 Å². The van der Waals surface area contributed by atoms with Crippen LogP contribution < -0.4 is 0 Å². The third kappa shape index (κ3) is 3.93. The zero-order chi connectivity index (χ0) is 10.3. The van der Waals surface area contributed by atoms with E-state index in [9.17, 15) is 0 Å². The Morgan fingerprint density at radius 1 is 1.23 bits per heavy atom. The van der Waals surface area contributed by atoms with E-state index in [0.717, 1.165) is 6.42 Å². The van der Waals surface area contributed by atoms with Crippen LogP contribution in [-0.2, 0) is 0 Å². The van der Waals surface area contributed by atoms with Crippen LogP contribution in [0.3, 0.4) is 0 Å². The third-order valence-electron chi connectivity index (χ3n) is 2.41. The highest BCUT2D eigenvalue weighted by Crippen LogP contribution is 2.30. The average molecular weight is 176 g/mol. The van der Waals surface area contributed by atoms with Crippen LogP contribution in [-0.4, -0.2) is 0 Å². The molecule has 0 fully saturated rings. The highest BCUT2D eigenvalue weighted by atomic mass is 14.2. The molecule has 0 spiro atoms. The SMILES string of the molecule is C=CC=CC=C(C=C)C(C)(C)CC. The Balaban J connectivity index is 4.68. The molecule has 0 bridgehead atoms. The summed E-state index contributed by atoms with van der Waals surface area (Å²) < 4.78 is 0. The van der Waals surface area contributed by atoms with E-state index in [-0.39, 0.29) is 5.41 Å². The van der Waals surface area contributed by atoms with E-state index in [1.807, 2.05) is 18.2 Å².